The van der Waals surface area contributed by atoms with Crippen LogP contribution in [0.4, 0.5) is 0 Å². The van der Waals surface area contributed by atoms with Gasteiger partial charge in [0.05, 0.1) is 11.4 Å². The van der Waals surface area contributed by atoms with Crippen molar-refractivity contribution in [1.82, 2.24) is 19.4 Å². The Labute approximate surface area is 144 Å². The van der Waals surface area contributed by atoms with Crippen molar-refractivity contribution in [3.05, 3.63) is 40.6 Å². The van der Waals surface area contributed by atoms with Crippen molar-refractivity contribution in [3.63, 3.8) is 0 Å². The van der Waals surface area contributed by atoms with E-state index in [0.29, 0.717) is 26.1 Å². The van der Waals surface area contributed by atoms with E-state index < -0.39 is 0 Å². The van der Waals surface area contributed by atoms with Crippen molar-refractivity contribution in [2.75, 3.05) is 19.6 Å². The largest absolute Gasteiger partial charge is 0.342 e. The van der Waals surface area contributed by atoms with Crippen molar-refractivity contribution in [1.29, 1.82) is 0 Å². The molecule has 0 radical (unpaired) electrons. The first-order valence-corrected chi connectivity index (χ1v) is 9.19. The lowest BCUT2D eigenvalue weighted by molar-refractivity contribution is -0.128. The lowest BCUT2D eigenvalue weighted by atomic mass is 10.1. The number of likely N-dealkylation sites (tertiary alicyclic amines) is 1. The topological polar surface area (TPSA) is 58.4 Å². The van der Waals surface area contributed by atoms with Gasteiger partial charge in [-0.25, -0.2) is 4.98 Å². The number of imidazole rings is 1. The summed E-state index contributed by atoms with van der Waals surface area (Å²) in [6, 6.07) is 3.76. The van der Waals surface area contributed by atoms with Gasteiger partial charge in [-0.15, -0.1) is 11.3 Å². The Morgan fingerprint density at radius 2 is 2.29 bits per heavy atom. The lowest BCUT2D eigenvalue weighted by Gasteiger charge is -2.27. The van der Waals surface area contributed by atoms with E-state index in [9.17, 15) is 9.59 Å². The molecule has 2 aromatic heterocycles. The molecule has 0 aromatic carbocycles. The van der Waals surface area contributed by atoms with Crippen molar-refractivity contribution in [2.24, 2.45) is 5.92 Å². The zero-order valence-corrected chi connectivity index (χ0v) is 14.2. The number of amides is 2. The number of carbonyl (C=O) groups is 2. The average molecular weight is 344 g/mol. The number of rotatable bonds is 3. The van der Waals surface area contributed by atoms with Gasteiger partial charge in [-0.3, -0.25) is 9.59 Å². The summed E-state index contributed by atoms with van der Waals surface area (Å²) in [4.78, 5) is 33.8. The van der Waals surface area contributed by atoms with Crippen LogP contribution in [0.15, 0.2) is 29.9 Å². The molecule has 1 fully saturated rings. The number of thiophene rings is 1. The van der Waals surface area contributed by atoms with E-state index in [4.69, 9.17) is 0 Å². The summed E-state index contributed by atoms with van der Waals surface area (Å²) in [5, 5.41) is 1.92. The van der Waals surface area contributed by atoms with Crippen LogP contribution >= 0.6 is 11.3 Å². The molecular formula is C17H20N4O2S. The molecule has 2 amide bonds. The Morgan fingerprint density at radius 1 is 1.38 bits per heavy atom. The van der Waals surface area contributed by atoms with Crippen LogP contribution in [0.5, 0.6) is 0 Å². The van der Waals surface area contributed by atoms with Gasteiger partial charge in [0, 0.05) is 50.9 Å². The van der Waals surface area contributed by atoms with Crippen LogP contribution in [0.3, 0.4) is 0 Å². The first-order chi connectivity index (χ1) is 11.7. The number of nitrogens with zero attached hydrogens (tertiary/aromatic N) is 4. The van der Waals surface area contributed by atoms with Crippen molar-refractivity contribution in [2.45, 2.75) is 25.9 Å². The second-order valence-electron chi connectivity index (χ2n) is 6.47. The maximum absolute atomic E-state index is 12.8. The Morgan fingerprint density at radius 3 is 3.04 bits per heavy atom. The minimum Gasteiger partial charge on any atom is -0.342 e. The molecule has 0 bridgehead atoms. The summed E-state index contributed by atoms with van der Waals surface area (Å²) in [5.41, 5.74) is 0. The van der Waals surface area contributed by atoms with Crippen molar-refractivity contribution >= 4 is 23.2 Å². The van der Waals surface area contributed by atoms with E-state index in [1.807, 2.05) is 33.5 Å². The first kappa shape index (κ1) is 15.4. The van der Waals surface area contributed by atoms with Crippen LogP contribution in [-0.4, -0.2) is 50.8 Å². The maximum Gasteiger partial charge on any atom is 0.264 e. The Bertz CT molecular complexity index is 740. The highest BCUT2D eigenvalue weighted by Crippen LogP contribution is 2.22. The fourth-order valence-electron chi connectivity index (χ4n) is 3.58. The minimum atomic E-state index is 0.0548. The lowest BCUT2D eigenvalue weighted by Crippen LogP contribution is -2.39. The van der Waals surface area contributed by atoms with Crippen molar-refractivity contribution < 1.29 is 9.59 Å². The zero-order valence-electron chi connectivity index (χ0n) is 13.4. The first-order valence-electron chi connectivity index (χ1n) is 8.31. The summed E-state index contributed by atoms with van der Waals surface area (Å²) in [6.45, 7) is 3.53. The molecule has 2 aromatic rings. The summed E-state index contributed by atoms with van der Waals surface area (Å²) in [7, 11) is 0. The standard InChI is InChI=1S/C17H20N4O2S/c22-16-4-1-6-20(16)10-13-9-19-7-5-18-15(19)12-21(11-13)17(23)14-3-2-8-24-14/h2-3,5,7-8,13H,1,4,6,9-12H2/t13-/m1/s1. The SMILES string of the molecule is O=C1CCCN1C[C@@H]1CN(C(=O)c2cccs2)Cc2nccn2C1. The number of carbonyl (C=O) groups excluding carboxylic acids is 2. The predicted molar refractivity (Wildman–Crippen MR) is 90.6 cm³/mol. The fraction of sp³-hybridized carbons (Fsp3) is 0.471. The maximum atomic E-state index is 12.8. The second kappa shape index (κ2) is 6.39. The minimum absolute atomic E-state index is 0.0548. The van der Waals surface area contributed by atoms with Gasteiger partial charge in [-0.2, -0.15) is 0 Å². The van der Waals surface area contributed by atoms with E-state index in [2.05, 4.69) is 9.55 Å². The third-order valence-electron chi connectivity index (χ3n) is 4.74. The third kappa shape index (κ3) is 2.96. The van der Waals surface area contributed by atoms with Crippen LogP contribution in [-0.2, 0) is 17.9 Å². The molecule has 4 heterocycles. The van der Waals surface area contributed by atoms with E-state index in [-0.39, 0.29) is 17.7 Å². The van der Waals surface area contributed by atoms with Gasteiger partial charge in [0.25, 0.3) is 5.91 Å². The highest BCUT2D eigenvalue weighted by molar-refractivity contribution is 7.12. The second-order valence-corrected chi connectivity index (χ2v) is 7.42. The summed E-state index contributed by atoms with van der Waals surface area (Å²) < 4.78 is 2.12. The molecule has 1 atom stereocenters. The number of aromatic nitrogens is 2. The number of hydrogen-bond donors (Lipinski definition) is 0. The number of fused-ring (bicyclic) bond motifs is 1. The predicted octanol–water partition coefficient (Wildman–Crippen LogP) is 1.84. The smallest absolute Gasteiger partial charge is 0.264 e. The molecule has 0 spiro atoms. The van der Waals surface area contributed by atoms with Crippen molar-refractivity contribution in [3.8, 4) is 0 Å². The molecule has 6 nitrogen and oxygen atoms in total. The van der Waals surface area contributed by atoms with Gasteiger partial charge < -0.3 is 14.4 Å². The van der Waals surface area contributed by atoms with Crippen LogP contribution in [0.2, 0.25) is 0 Å². The van der Waals surface area contributed by atoms with Gasteiger partial charge in [-0.1, -0.05) is 6.07 Å². The molecule has 0 aliphatic carbocycles. The van der Waals surface area contributed by atoms with E-state index in [1.165, 1.54) is 11.3 Å². The fourth-order valence-corrected chi connectivity index (χ4v) is 4.27. The van der Waals surface area contributed by atoms with E-state index >= 15 is 0 Å². The summed E-state index contributed by atoms with van der Waals surface area (Å²) >= 11 is 1.47. The highest BCUT2D eigenvalue weighted by Gasteiger charge is 2.30. The molecule has 2 aliphatic rings. The van der Waals surface area contributed by atoms with E-state index in [0.717, 1.165) is 30.2 Å². The molecule has 126 valence electrons. The highest BCUT2D eigenvalue weighted by atomic mass is 32.1. The molecular weight excluding hydrogens is 324 g/mol. The molecule has 24 heavy (non-hydrogen) atoms. The zero-order chi connectivity index (χ0) is 16.5. The Kier molecular flexibility index (Phi) is 4.10. The quantitative estimate of drug-likeness (QED) is 0.854. The van der Waals surface area contributed by atoms with Crippen LogP contribution in [0.25, 0.3) is 0 Å². The van der Waals surface area contributed by atoms with Crippen LogP contribution in [0.1, 0.15) is 28.3 Å². The normalized spacial score (nSPS) is 21.0. The number of hydrogen-bond acceptors (Lipinski definition) is 4. The Hall–Kier alpha value is -2.15. The van der Waals surface area contributed by atoms with Crippen LogP contribution < -0.4 is 0 Å². The molecule has 7 heteroatoms. The van der Waals surface area contributed by atoms with Gasteiger partial charge >= 0.3 is 0 Å². The average Bonchev–Trinajstić information content (AvgIpc) is 3.29. The molecule has 0 N–H and O–H groups in total. The molecule has 0 unspecified atom stereocenters. The van der Waals surface area contributed by atoms with E-state index in [1.54, 1.807) is 6.20 Å². The molecule has 2 aliphatic heterocycles. The van der Waals surface area contributed by atoms with Crippen LogP contribution in [0, 0.1) is 5.92 Å². The van der Waals surface area contributed by atoms with Gasteiger partial charge in [0.2, 0.25) is 5.91 Å². The summed E-state index contributed by atoms with van der Waals surface area (Å²) in [5.74, 6) is 1.43. The van der Waals surface area contributed by atoms with Gasteiger partial charge in [0.15, 0.2) is 0 Å². The molecule has 1 saturated heterocycles. The molecule has 4 rings (SSSR count). The third-order valence-corrected chi connectivity index (χ3v) is 5.59. The van der Waals surface area contributed by atoms with Gasteiger partial charge in [-0.05, 0) is 17.9 Å². The van der Waals surface area contributed by atoms with Gasteiger partial charge in [0.1, 0.15) is 5.82 Å². The monoisotopic (exact) mass is 344 g/mol. The Balaban J connectivity index is 1.56. The summed E-state index contributed by atoms with van der Waals surface area (Å²) in [6.07, 6.45) is 5.35. The molecule has 0 saturated carbocycles.